The summed E-state index contributed by atoms with van der Waals surface area (Å²) in [6.07, 6.45) is 3.42. The molecule has 0 amide bonds. The number of aromatic nitrogens is 3. The fraction of sp³-hybridized carbons (Fsp3) is 0.207. The SMILES string of the molecule is COc1ncccc1Nc1cc2nc3ccccc3n(-c3ccc(F)cc3)c-2c/c1=N\C1CCOCC1. The van der Waals surface area contributed by atoms with Crippen molar-refractivity contribution in [1.29, 1.82) is 0 Å². The number of hydrogen-bond donors (Lipinski definition) is 1. The van der Waals surface area contributed by atoms with E-state index in [0.29, 0.717) is 19.1 Å². The molecule has 0 saturated carbocycles. The Morgan fingerprint density at radius 2 is 1.81 bits per heavy atom. The molecule has 1 fully saturated rings. The second-order valence-electron chi connectivity index (χ2n) is 8.93. The van der Waals surface area contributed by atoms with Crippen molar-refractivity contribution >= 4 is 22.4 Å². The number of para-hydroxylation sites is 2. The van der Waals surface area contributed by atoms with Gasteiger partial charge in [-0.3, -0.25) is 4.99 Å². The molecule has 1 saturated heterocycles. The molecule has 0 unspecified atom stereocenters. The maximum atomic E-state index is 13.8. The van der Waals surface area contributed by atoms with Gasteiger partial charge in [0.25, 0.3) is 0 Å². The number of methoxy groups -OCH3 is 1. The summed E-state index contributed by atoms with van der Waals surface area (Å²) in [5.74, 6) is 0.214. The Kier molecular flexibility index (Phi) is 6.24. The van der Waals surface area contributed by atoms with Gasteiger partial charge in [0.05, 0.1) is 46.6 Å². The maximum absolute atomic E-state index is 13.8. The molecule has 3 aliphatic rings. The highest BCUT2D eigenvalue weighted by atomic mass is 19.1. The van der Waals surface area contributed by atoms with Gasteiger partial charge in [-0.15, -0.1) is 0 Å². The number of nitrogens with zero attached hydrogens (tertiary/aromatic N) is 4. The second-order valence-corrected chi connectivity index (χ2v) is 8.93. The van der Waals surface area contributed by atoms with Crippen molar-refractivity contribution in [1.82, 2.24) is 14.5 Å². The summed E-state index contributed by atoms with van der Waals surface area (Å²) >= 11 is 0. The van der Waals surface area contributed by atoms with E-state index in [1.165, 1.54) is 12.1 Å². The molecule has 7 nitrogen and oxygen atoms in total. The first-order valence-electron chi connectivity index (χ1n) is 12.3. The predicted molar refractivity (Wildman–Crippen MR) is 141 cm³/mol. The molecule has 0 bridgehead atoms. The van der Waals surface area contributed by atoms with Gasteiger partial charge in [-0.05, 0) is 73.5 Å². The lowest BCUT2D eigenvalue weighted by Crippen LogP contribution is -2.23. The Hall–Kier alpha value is -4.30. The Labute approximate surface area is 213 Å². The number of fused-ring (bicyclic) bond motifs is 2. The average Bonchev–Trinajstić information content (AvgIpc) is 2.94. The third-order valence-electron chi connectivity index (χ3n) is 6.53. The number of anilines is 2. The van der Waals surface area contributed by atoms with Crippen LogP contribution in [0.4, 0.5) is 15.8 Å². The molecule has 3 aromatic rings. The highest BCUT2D eigenvalue weighted by Gasteiger charge is 2.19. The van der Waals surface area contributed by atoms with Gasteiger partial charge in [-0.1, -0.05) is 12.1 Å². The van der Waals surface area contributed by atoms with Crippen molar-refractivity contribution in [3.63, 3.8) is 0 Å². The zero-order valence-electron chi connectivity index (χ0n) is 20.4. The lowest BCUT2D eigenvalue weighted by atomic mass is 10.1. The van der Waals surface area contributed by atoms with Crippen LogP contribution in [0.1, 0.15) is 12.8 Å². The van der Waals surface area contributed by atoms with Crippen LogP contribution >= 0.6 is 0 Å². The van der Waals surface area contributed by atoms with Crippen molar-refractivity contribution in [2.24, 2.45) is 4.99 Å². The van der Waals surface area contributed by atoms with Crippen molar-refractivity contribution in [3.05, 3.63) is 90.2 Å². The van der Waals surface area contributed by atoms with Crippen molar-refractivity contribution in [2.45, 2.75) is 18.9 Å². The van der Waals surface area contributed by atoms with Gasteiger partial charge < -0.3 is 19.4 Å². The number of ether oxygens (including phenoxy) is 2. The Morgan fingerprint density at radius 1 is 1.00 bits per heavy atom. The van der Waals surface area contributed by atoms with Crippen LogP contribution in [0.2, 0.25) is 0 Å². The third kappa shape index (κ3) is 4.63. The van der Waals surface area contributed by atoms with Crippen LogP contribution in [-0.4, -0.2) is 40.9 Å². The highest BCUT2D eigenvalue weighted by molar-refractivity contribution is 5.84. The second kappa shape index (κ2) is 9.99. The number of benzene rings is 3. The van der Waals surface area contributed by atoms with E-state index >= 15 is 0 Å². The van der Waals surface area contributed by atoms with E-state index in [1.807, 2.05) is 42.5 Å². The molecule has 2 aliphatic heterocycles. The van der Waals surface area contributed by atoms with Gasteiger partial charge in [0, 0.05) is 25.1 Å². The fourth-order valence-electron chi connectivity index (χ4n) is 4.72. The van der Waals surface area contributed by atoms with Crippen molar-refractivity contribution < 1.29 is 13.9 Å². The van der Waals surface area contributed by atoms with E-state index in [1.54, 1.807) is 25.4 Å². The molecule has 0 radical (unpaired) electrons. The van der Waals surface area contributed by atoms with Crippen LogP contribution in [0.15, 0.2) is 84.0 Å². The molecule has 2 aromatic carbocycles. The minimum absolute atomic E-state index is 0.148. The van der Waals surface area contributed by atoms with Gasteiger partial charge in [-0.25, -0.2) is 14.4 Å². The van der Waals surface area contributed by atoms with Crippen LogP contribution in [0.25, 0.3) is 28.1 Å². The standard InChI is InChI=1S/C29H26FN5O2/c1-36-29-23(6-4-14-31-29)34-24-17-26-28(18-25(24)32-20-12-15-37-16-13-20)35(21-10-8-19(30)9-11-21)27-7-3-2-5-22(27)33-26/h2-11,14,17-18,20,34H,12-13,15-16H2,1H3/b32-25+. The normalized spacial score (nSPS) is 14.8. The molecule has 3 heterocycles. The zero-order chi connectivity index (χ0) is 25.2. The van der Waals surface area contributed by atoms with E-state index in [-0.39, 0.29) is 11.9 Å². The monoisotopic (exact) mass is 495 g/mol. The molecule has 186 valence electrons. The van der Waals surface area contributed by atoms with E-state index in [2.05, 4.69) is 20.9 Å². The molecule has 0 spiro atoms. The van der Waals surface area contributed by atoms with E-state index < -0.39 is 0 Å². The molecular weight excluding hydrogens is 469 g/mol. The van der Waals surface area contributed by atoms with E-state index in [9.17, 15) is 4.39 Å². The first-order valence-corrected chi connectivity index (χ1v) is 12.3. The lowest BCUT2D eigenvalue weighted by molar-refractivity contribution is 0.0864. The summed E-state index contributed by atoms with van der Waals surface area (Å²) in [4.78, 5) is 14.4. The van der Waals surface area contributed by atoms with E-state index in [0.717, 1.165) is 57.7 Å². The van der Waals surface area contributed by atoms with E-state index in [4.69, 9.17) is 19.5 Å². The number of rotatable bonds is 5. The number of nitrogens with one attached hydrogen (secondary N) is 1. The molecular formula is C29H26FN5O2. The number of hydrogen-bond acceptors (Lipinski definition) is 6. The largest absolute Gasteiger partial charge is 0.480 e. The summed E-state index contributed by atoms with van der Waals surface area (Å²) in [6.45, 7) is 1.39. The van der Waals surface area contributed by atoms with Gasteiger partial charge in [-0.2, -0.15) is 0 Å². The molecule has 6 rings (SSSR count). The molecule has 1 N–H and O–H groups in total. The highest BCUT2D eigenvalue weighted by Crippen LogP contribution is 2.31. The van der Waals surface area contributed by atoms with Gasteiger partial charge in [0.1, 0.15) is 11.5 Å². The quantitative estimate of drug-likeness (QED) is 0.326. The van der Waals surface area contributed by atoms with Crippen molar-refractivity contribution in [2.75, 3.05) is 25.6 Å². The van der Waals surface area contributed by atoms with Crippen LogP contribution in [-0.2, 0) is 4.74 Å². The summed E-state index contributed by atoms with van der Waals surface area (Å²) in [5, 5.41) is 4.28. The van der Waals surface area contributed by atoms with Crippen molar-refractivity contribution in [3.8, 4) is 23.0 Å². The Morgan fingerprint density at radius 3 is 2.62 bits per heavy atom. The first kappa shape index (κ1) is 23.1. The lowest BCUT2D eigenvalue weighted by Gasteiger charge is -2.22. The molecule has 37 heavy (non-hydrogen) atoms. The molecule has 0 atom stereocenters. The topological polar surface area (TPSA) is 73.6 Å². The van der Waals surface area contributed by atoms with Gasteiger partial charge >= 0.3 is 0 Å². The summed E-state index contributed by atoms with van der Waals surface area (Å²) < 4.78 is 26.9. The van der Waals surface area contributed by atoms with Crippen LogP contribution in [0.5, 0.6) is 5.88 Å². The summed E-state index contributed by atoms with van der Waals surface area (Å²) in [7, 11) is 1.60. The maximum Gasteiger partial charge on any atom is 0.237 e. The fourth-order valence-corrected chi connectivity index (χ4v) is 4.72. The number of halogens is 1. The zero-order valence-corrected chi connectivity index (χ0v) is 20.4. The Balaban J connectivity index is 1.62. The molecule has 1 aliphatic carbocycles. The van der Waals surface area contributed by atoms with Gasteiger partial charge in [0.2, 0.25) is 5.88 Å². The first-order chi connectivity index (χ1) is 18.2. The molecule has 8 heteroatoms. The minimum Gasteiger partial charge on any atom is -0.480 e. The molecule has 1 aromatic heterocycles. The minimum atomic E-state index is -0.279. The Bertz CT molecular complexity index is 1590. The number of pyridine rings is 1. The van der Waals surface area contributed by atoms with Gasteiger partial charge in [0.15, 0.2) is 0 Å². The summed E-state index contributed by atoms with van der Waals surface area (Å²) in [6, 6.07) is 22.4. The van der Waals surface area contributed by atoms with Crippen LogP contribution in [0.3, 0.4) is 0 Å². The van der Waals surface area contributed by atoms with Crippen LogP contribution in [0, 0.1) is 5.82 Å². The predicted octanol–water partition coefficient (Wildman–Crippen LogP) is 5.50. The third-order valence-corrected chi connectivity index (χ3v) is 6.53. The van der Waals surface area contributed by atoms with Crippen LogP contribution < -0.4 is 15.4 Å². The summed E-state index contributed by atoms with van der Waals surface area (Å²) in [5.41, 5.74) is 5.79. The average molecular weight is 496 g/mol. The smallest absolute Gasteiger partial charge is 0.237 e.